The van der Waals surface area contributed by atoms with Crippen LogP contribution in [0.2, 0.25) is 0 Å². The first kappa shape index (κ1) is 13.9. The highest BCUT2D eigenvalue weighted by molar-refractivity contribution is 5.84. The first-order valence-electron chi connectivity index (χ1n) is 8.90. The Bertz CT molecular complexity index is 930. The number of rotatable bonds is 1. The molecule has 0 bridgehead atoms. The molecule has 0 heteroatoms. The Balaban J connectivity index is 1.71. The molecule has 0 amide bonds. The highest BCUT2D eigenvalue weighted by Gasteiger charge is 2.32. The number of fused-ring (bicyclic) bond motifs is 6. The number of hydrogen-bond acceptors (Lipinski definition) is 0. The maximum atomic E-state index is 3.36. The molecule has 1 radical (unpaired) electrons. The third kappa shape index (κ3) is 2.09. The fourth-order valence-corrected chi connectivity index (χ4v) is 4.25. The Kier molecular flexibility index (Phi) is 3.20. The Morgan fingerprint density at radius 1 is 0.917 bits per heavy atom. The third-order valence-electron chi connectivity index (χ3n) is 5.45. The third-order valence-corrected chi connectivity index (χ3v) is 5.45. The van der Waals surface area contributed by atoms with E-state index in [4.69, 9.17) is 0 Å². The second-order valence-corrected chi connectivity index (χ2v) is 6.84. The Hall–Kier alpha value is -2.52. The van der Waals surface area contributed by atoms with Crippen LogP contribution >= 0.6 is 0 Å². The Morgan fingerprint density at radius 3 is 2.71 bits per heavy atom. The van der Waals surface area contributed by atoms with Crippen LogP contribution in [0.15, 0.2) is 60.7 Å². The zero-order valence-corrected chi connectivity index (χ0v) is 13.7. The van der Waals surface area contributed by atoms with Crippen LogP contribution in [0.5, 0.6) is 0 Å². The summed E-state index contributed by atoms with van der Waals surface area (Å²) < 4.78 is 0. The standard InChI is InChI=1S/C24H19/c1-2-8-17(9-3-1)18-14-15-23-21-12-5-4-10-19(21)20-11-6-7-13-22(20)24(23)16-18/h5-8,11-16,21H,1-3,9H2. The van der Waals surface area contributed by atoms with Crippen LogP contribution in [0.4, 0.5) is 0 Å². The summed E-state index contributed by atoms with van der Waals surface area (Å²) in [6.07, 6.45) is 11.8. The molecule has 0 nitrogen and oxygen atoms in total. The van der Waals surface area contributed by atoms with Crippen molar-refractivity contribution in [2.75, 3.05) is 0 Å². The fraction of sp³-hybridized carbons (Fsp3) is 0.208. The summed E-state index contributed by atoms with van der Waals surface area (Å²) in [5.41, 5.74) is 8.35. The van der Waals surface area contributed by atoms with Gasteiger partial charge in [0, 0.05) is 5.92 Å². The van der Waals surface area contributed by atoms with Crippen LogP contribution in [0, 0.1) is 17.8 Å². The summed E-state index contributed by atoms with van der Waals surface area (Å²) in [4.78, 5) is 0. The largest absolute Gasteiger partial charge is 0.0891 e. The van der Waals surface area contributed by atoms with E-state index in [1.165, 1.54) is 65.0 Å². The molecule has 115 valence electrons. The first-order chi connectivity index (χ1) is 11.9. The molecule has 1 atom stereocenters. The van der Waals surface area contributed by atoms with Crippen LogP contribution in [-0.4, -0.2) is 0 Å². The minimum Gasteiger partial charge on any atom is -0.0839 e. The molecule has 0 N–H and O–H groups in total. The van der Waals surface area contributed by atoms with Crippen molar-refractivity contribution in [2.24, 2.45) is 0 Å². The number of benzene rings is 2. The summed E-state index contributed by atoms with van der Waals surface area (Å²) >= 11 is 0. The Labute approximate surface area is 143 Å². The molecule has 0 saturated heterocycles. The molecule has 0 fully saturated rings. The monoisotopic (exact) mass is 307 g/mol. The summed E-state index contributed by atoms with van der Waals surface area (Å²) in [6.45, 7) is 0. The molecule has 0 aromatic heterocycles. The molecule has 24 heavy (non-hydrogen) atoms. The molecule has 0 spiro atoms. The van der Waals surface area contributed by atoms with Crippen molar-refractivity contribution in [3.63, 3.8) is 0 Å². The molecule has 3 aliphatic carbocycles. The molecule has 2 aromatic rings. The van der Waals surface area contributed by atoms with Crippen molar-refractivity contribution >= 4 is 5.57 Å². The highest BCUT2D eigenvalue weighted by atomic mass is 14.3. The smallest absolute Gasteiger partial charge is 0.0839 e. The summed E-state index contributed by atoms with van der Waals surface area (Å²) in [7, 11) is 0. The minimum absolute atomic E-state index is 0.311. The number of hydrogen-bond donors (Lipinski definition) is 0. The van der Waals surface area contributed by atoms with E-state index in [0.29, 0.717) is 5.92 Å². The van der Waals surface area contributed by atoms with E-state index in [9.17, 15) is 0 Å². The lowest BCUT2D eigenvalue weighted by molar-refractivity contribution is 0.742. The molecule has 0 heterocycles. The van der Waals surface area contributed by atoms with Crippen LogP contribution in [0.1, 0.15) is 48.3 Å². The van der Waals surface area contributed by atoms with Crippen LogP contribution in [-0.2, 0) is 0 Å². The average Bonchev–Trinajstić information content (AvgIpc) is 2.68. The van der Waals surface area contributed by atoms with Crippen molar-refractivity contribution in [1.29, 1.82) is 0 Å². The molecular formula is C24H19. The van der Waals surface area contributed by atoms with Crippen molar-refractivity contribution in [1.82, 2.24) is 0 Å². The zero-order chi connectivity index (χ0) is 15.9. The van der Waals surface area contributed by atoms with Crippen LogP contribution in [0.3, 0.4) is 0 Å². The predicted octanol–water partition coefficient (Wildman–Crippen LogP) is 5.90. The lowest BCUT2D eigenvalue weighted by Gasteiger charge is -2.32. The van der Waals surface area contributed by atoms with Crippen molar-refractivity contribution < 1.29 is 0 Å². The van der Waals surface area contributed by atoms with E-state index in [1.54, 1.807) is 0 Å². The lowest BCUT2D eigenvalue weighted by atomic mass is 9.70. The predicted molar refractivity (Wildman–Crippen MR) is 100 cm³/mol. The maximum absolute atomic E-state index is 3.36. The van der Waals surface area contributed by atoms with E-state index < -0.39 is 0 Å². The fourth-order valence-electron chi connectivity index (χ4n) is 4.25. The van der Waals surface area contributed by atoms with E-state index in [2.05, 4.69) is 66.5 Å². The summed E-state index contributed by atoms with van der Waals surface area (Å²) in [5, 5.41) is 0. The van der Waals surface area contributed by atoms with Gasteiger partial charge in [-0.25, -0.2) is 0 Å². The lowest BCUT2D eigenvalue weighted by Crippen LogP contribution is -2.17. The van der Waals surface area contributed by atoms with Gasteiger partial charge in [0.05, 0.1) is 5.92 Å². The zero-order valence-electron chi connectivity index (χ0n) is 13.7. The van der Waals surface area contributed by atoms with Crippen LogP contribution in [0.25, 0.3) is 16.7 Å². The van der Waals surface area contributed by atoms with E-state index in [-0.39, 0.29) is 0 Å². The molecular weight excluding hydrogens is 288 g/mol. The topological polar surface area (TPSA) is 0 Å². The van der Waals surface area contributed by atoms with Gasteiger partial charge in [0.1, 0.15) is 0 Å². The molecule has 2 aromatic carbocycles. The van der Waals surface area contributed by atoms with Gasteiger partial charge in [0.25, 0.3) is 0 Å². The van der Waals surface area contributed by atoms with Crippen molar-refractivity contribution in [3.8, 4) is 23.0 Å². The second kappa shape index (κ2) is 5.53. The van der Waals surface area contributed by atoms with Gasteiger partial charge in [-0.1, -0.05) is 60.4 Å². The first-order valence-corrected chi connectivity index (χ1v) is 8.90. The van der Waals surface area contributed by atoms with Gasteiger partial charge in [-0.2, -0.15) is 0 Å². The van der Waals surface area contributed by atoms with E-state index in [0.717, 1.165) is 0 Å². The van der Waals surface area contributed by atoms with Crippen molar-refractivity contribution in [2.45, 2.75) is 31.6 Å². The molecule has 3 aliphatic rings. The molecule has 0 aliphatic heterocycles. The minimum atomic E-state index is 0.311. The van der Waals surface area contributed by atoms with Gasteiger partial charge < -0.3 is 0 Å². The van der Waals surface area contributed by atoms with Crippen molar-refractivity contribution in [3.05, 3.63) is 83.3 Å². The summed E-state index contributed by atoms with van der Waals surface area (Å²) in [5.74, 6) is 8.07. The summed E-state index contributed by atoms with van der Waals surface area (Å²) in [6, 6.07) is 15.8. The van der Waals surface area contributed by atoms with Gasteiger partial charge in [-0.05, 0) is 71.2 Å². The second-order valence-electron chi connectivity index (χ2n) is 6.84. The van der Waals surface area contributed by atoms with Gasteiger partial charge in [0.15, 0.2) is 0 Å². The van der Waals surface area contributed by atoms with Gasteiger partial charge in [-0.15, -0.1) is 0 Å². The average molecular weight is 307 g/mol. The van der Waals surface area contributed by atoms with Gasteiger partial charge in [-0.3, -0.25) is 0 Å². The molecule has 5 rings (SSSR count). The normalized spacial score (nSPS) is 21.0. The molecule has 0 saturated carbocycles. The van der Waals surface area contributed by atoms with E-state index in [1.807, 2.05) is 6.08 Å². The number of allylic oxidation sites excluding steroid dienone is 4. The highest BCUT2D eigenvalue weighted by Crippen LogP contribution is 2.48. The van der Waals surface area contributed by atoms with Gasteiger partial charge >= 0.3 is 0 Å². The SMILES string of the molecule is C1#C[C]2c3ccccc3-c3cc(C4=CCCCC4)ccc3C2C=C1. The van der Waals surface area contributed by atoms with Crippen LogP contribution < -0.4 is 0 Å². The quantitative estimate of drug-likeness (QED) is 0.575. The Morgan fingerprint density at radius 2 is 1.83 bits per heavy atom. The maximum Gasteiger partial charge on any atom is 0.0891 e. The van der Waals surface area contributed by atoms with Gasteiger partial charge in [0.2, 0.25) is 0 Å². The van der Waals surface area contributed by atoms with E-state index >= 15 is 0 Å². The molecule has 1 unspecified atom stereocenters.